The van der Waals surface area contributed by atoms with Gasteiger partial charge in [-0.2, -0.15) is 0 Å². The number of hydrogen-bond donors (Lipinski definition) is 1. The van der Waals surface area contributed by atoms with Gasteiger partial charge in [0.05, 0.1) is 19.2 Å². The van der Waals surface area contributed by atoms with Gasteiger partial charge in [-0.25, -0.2) is 4.79 Å². The number of nitrogens with one attached hydrogen (secondary N) is 1. The van der Waals surface area contributed by atoms with Gasteiger partial charge < -0.3 is 9.64 Å². The minimum Gasteiger partial charge on any atom is -0.460 e. The number of rotatable bonds is 4. The van der Waals surface area contributed by atoms with Gasteiger partial charge in [0, 0.05) is 18.8 Å². The molecule has 0 radical (unpaired) electrons. The second-order valence-corrected chi connectivity index (χ2v) is 5.55. The van der Waals surface area contributed by atoms with E-state index in [0.29, 0.717) is 12.4 Å². The van der Waals surface area contributed by atoms with E-state index in [4.69, 9.17) is 10.1 Å². The van der Waals surface area contributed by atoms with Crippen LogP contribution in [0.5, 0.6) is 0 Å². The lowest BCUT2D eigenvalue weighted by molar-refractivity contribution is -0.152. The maximum atomic E-state index is 12.1. The average Bonchev–Trinajstić information content (AvgIpc) is 2.97. The summed E-state index contributed by atoms with van der Waals surface area (Å²) in [5, 5.41) is 8.51. The van der Waals surface area contributed by atoms with Crippen LogP contribution < -0.4 is 4.90 Å². The molecule has 6 nitrogen and oxygen atoms in total. The quantitative estimate of drug-likeness (QED) is 0.516. The third-order valence-corrected chi connectivity index (χ3v) is 4.08. The van der Waals surface area contributed by atoms with Crippen LogP contribution in [0.3, 0.4) is 0 Å². The number of hydrogen-bond acceptors (Lipinski definition) is 5. The van der Waals surface area contributed by atoms with Crippen LogP contribution in [0, 0.1) is 5.41 Å². The molecule has 0 aromatic heterocycles. The highest BCUT2D eigenvalue weighted by Gasteiger charge is 2.34. The van der Waals surface area contributed by atoms with Crippen LogP contribution >= 0.6 is 0 Å². The van der Waals surface area contributed by atoms with Crippen molar-refractivity contribution in [2.45, 2.75) is 19.5 Å². The maximum Gasteiger partial charge on any atom is 0.376 e. The molecule has 120 valence electrons. The van der Waals surface area contributed by atoms with Crippen LogP contribution in [0.2, 0.25) is 0 Å². The Bertz CT molecular complexity index is 683. The van der Waals surface area contributed by atoms with E-state index in [1.807, 2.05) is 36.4 Å². The molecule has 0 saturated carbocycles. The number of esters is 1. The van der Waals surface area contributed by atoms with E-state index in [9.17, 15) is 9.59 Å². The van der Waals surface area contributed by atoms with E-state index >= 15 is 0 Å². The molecular formula is C17H19N3O3. The van der Waals surface area contributed by atoms with E-state index in [2.05, 4.69) is 4.90 Å². The van der Waals surface area contributed by atoms with Crippen LogP contribution in [0.15, 0.2) is 36.4 Å². The lowest BCUT2D eigenvalue weighted by atomic mass is 10.1. The van der Waals surface area contributed by atoms with Gasteiger partial charge in [-0.15, -0.1) is 0 Å². The first-order chi connectivity index (χ1) is 11.1. The molecule has 23 heavy (non-hydrogen) atoms. The fourth-order valence-electron chi connectivity index (χ4n) is 2.99. The fourth-order valence-corrected chi connectivity index (χ4v) is 2.99. The third kappa shape index (κ3) is 2.90. The van der Waals surface area contributed by atoms with Crippen molar-refractivity contribution in [3.05, 3.63) is 42.0 Å². The minimum atomic E-state index is -0.846. The summed E-state index contributed by atoms with van der Waals surface area (Å²) < 4.78 is 4.78. The molecule has 0 bridgehead atoms. The van der Waals surface area contributed by atoms with Gasteiger partial charge in [-0.05, 0) is 18.6 Å². The smallest absolute Gasteiger partial charge is 0.376 e. The third-order valence-electron chi connectivity index (χ3n) is 4.08. The van der Waals surface area contributed by atoms with Crippen LogP contribution in [0.1, 0.15) is 12.5 Å². The summed E-state index contributed by atoms with van der Waals surface area (Å²) in [5.74, 6) is -1.18. The average molecular weight is 313 g/mol. The van der Waals surface area contributed by atoms with Crippen molar-refractivity contribution in [2.24, 2.45) is 0 Å². The highest BCUT2D eigenvalue weighted by atomic mass is 16.5. The molecule has 0 saturated heterocycles. The van der Waals surface area contributed by atoms with Gasteiger partial charge in [0.15, 0.2) is 0 Å². The molecule has 1 aromatic rings. The van der Waals surface area contributed by atoms with Gasteiger partial charge in [-0.3, -0.25) is 15.1 Å². The molecule has 0 aliphatic carbocycles. The van der Waals surface area contributed by atoms with Crippen LogP contribution in [-0.4, -0.2) is 48.2 Å². The first-order valence-corrected chi connectivity index (χ1v) is 7.66. The number of nitrogens with zero attached hydrogens (tertiary/aromatic N) is 2. The Labute approximate surface area is 134 Å². The van der Waals surface area contributed by atoms with E-state index in [1.54, 1.807) is 11.8 Å². The molecule has 2 aliphatic heterocycles. The van der Waals surface area contributed by atoms with E-state index in [-0.39, 0.29) is 19.2 Å². The molecule has 1 atom stereocenters. The normalized spacial score (nSPS) is 20.0. The standard InChI is InChI=1S/C17H19N3O3/c1-2-23-17(22)15(21)11-20-13-7-4-3-6-12(13)10-19-9-5-8-14(19)16(20)18/h3-8,14,18H,2,9-11H2,1H3. The molecule has 3 rings (SSSR count). The monoisotopic (exact) mass is 313 g/mol. The molecule has 0 fully saturated rings. The topological polar surface area (TPSA) is 73.7 Å². The molecule has 1 N–H and O–H groups in total. The van der Waals surface area contributed by atoms with Crippen molar-refractivity contribution in [1.82, 2.24) is 4.90 Å². The number of anilines is 1. The number of benzene rings is 1. The molecule has 0 spiro atoms. The van der Waals surface area contributed by atoms with Crippen molar-refractivity contribution in [1.29, 1.82) is 5.41 Å². The van der Waals surface area contributed by atoms with Gasteiger partial charge in [0.1, 0.15) is 5.84 Å². The first-order valence-electron chi connectivity index (χ1n) is 7.66. The Kier molecular flexibility index (Phi) is 4.25. The summed E-state index contributed by atoms with van der Waals surface area (Å²) >= 11 is 0. The highest BCUT2D eigenvalue weighted by Crippen LogP contribution is 2.30. The van der Waals surface area contributed by atoms with Crippen LogP contribution in [-0.2, 0) is 20.9 Å². The summed E-state index contributed by atoms with van der Waals surface area (Å²) in [6.45, 7) is 3.14. The maximum absolute atomic E-state index is 12.1. The van der Waals surface area contributed by atoms with Crippen LogP contribution in [0.25, 0.3) is 0 Å². The fraction of sp³-hybridized carbons (Fsp3) is 0.353. The number of amidine groups is 1. The Balaban J connectivity index is 1.92. The van der Waals surface area contributed by atoms with E-state index in [0.717, 1.165) is 17.8 Å². The largest absolute Gasteiger partial charge is 0.460 e. The summed E-state index contributed by atoms with van der Waals surface area (Å²) in [6.07, 6.45) is 3.99. The van der Waals surface area contributed by atoms with Gasteiger partial charge in [0.2, 0.25) is 0 Å². The zero-order valence-corrected chi connectivity index (χ0v) is 13.0. The lowest BCUT2D eigenvalue weighted by Crippen LogP contribution is -2.46. The second-order valence-electron chi connectivity index (χ2n) is 5.55. The van der Waals surface area contributed by atoms with Crippen molar-refractivity contribution in [2.75, 3.05) is 24.6 Å². The van der Waals surface area contributed by atoms with Gasteiger partial charge >= 0.3 is 5.97 Å². The molecule has 6 heteroatoms. The number of ether oxygens (including phenoxy) is 1. The Morgan fingerprint density at radius 1 is 1.35 bits per heavy atom. The molecule has 2 aliphatic rings. The predicted octanol–water partition coefficient (Wildman–Crippen LogP) is 1.36. The summed E-state index contributed by atoms with van der Waals surface area (Å²) in [5.41, 5.74) is 1.85. The Morgan fingerprint density at radius 3 is 2.91 bits per heavy atom. The Morgan fingerprint density at radius 2 is 2.13 bits per heavy atom. The number of ketones is 1. The van der Waals surface area contributed by atoms with Crippen molar-refractivity contribution in [3.63, 3.8) is 0 Å². The number of carbonyl (C=O) groups is 2. The van der Waals surface area contributed by atoms with Crippen LogP contribution in [0.4, 0.5) is 5.69 Å². The Hall–Kier alpha value is -2.47. The highest BCUT2D eigenvalue weighted by molar-refractivity contribution is 6.36. The van der Waals surface area contributed by atoms with E-state index in [1.165, 1.54) is 0 Å². The lowest BCUT2D eigenvalue weighted by Gasteiger charge is -2.27. The minimum absolute atomic E-state index is 0.164. The van der Waals surface area contributed by atoms with Crippen molar-refractivity contribution >= 4 is 23.3 Å². The molecular weight excluding hydrogens is 294 g/mol. The number of para-hydroxylation sites is 1. The first kappa shape index (κ1) is 15.4. The number of Topliss-reactive ketones (excluding diaryl/α,β-unsaturated/α-hetero) is 1. The second kappa shape index (κ2) is 6.34. The van der Waals surface area contributed by atoms with Crippen molar-refractivity contribution in [3.8, 4) is 0 Å². The van der Waals surface area contributed by atoms with E-state index < -0.39 is 11.8 Å². The van der Waals surface area contributed by atoms with Gasteiger partial charge in [-0.1, -0.05) is 30.4 Å². The molecule has 1 unspecified atom stereocenters. The number of fused-ring (bicyclic) bond motifs is 2. The van der Waals surface area contributed by atoms with Crippen molar-refractivity contribution < 1.29 is 14.3 Å². The summed E-state index contributed by atoms with van der Waals surface area (Å²) in [7, 11) is 0. The zero-order chi connectivity index (χ0) is 16.4. The zero-order valence-electron chi connectivity index (χ0n) is 13.0. The summed E-state index contributed by atoms with van der Waals surface area (Å²) in [4.78, 5) is 27.6. The number of carbonyl (C=O) groups excluding carboxylic acids is 2. The van der Waals surface area contributed by atoms with Gasteiger partial charge in [0.25, 0.3) is 5.78 Å². The SMILES string of the molecule is CCOC(=O)C(=O)CN1C(=N)C2C=CCN2Cc2ccccc21. The molecule has 2 heterocycles. The summed E-state index contributed by atoms with van der Waals surface area (Å²) in [6, 6.07) is 7.52. The molecule has 1 aromatic carbocycles. The predicted molar refractivity (Wildman–Crippen MR) is 86.5 cm³/mol. The molecule has 0 amide bonds.